The van der Waals surface area contributed by atoms with Gasteiger partial charge in [0.2, 0.25) is 0 Å². The van der Waals surface area contributed by atoms with E-state index in [-0.39, 0.29) is 25.6 Å². The molecule has 1 saturated heterocycles. The maximum Gasteiger partial charge on any atom is 0.429 e. The number of carbonyl (C=O) groups excluding carboxylic acids is 3. The number of nitrogens with two attached hydrogens (primary N) is 1. The number of primary amides is 1. The van der Waals surface area contributed by atoms with E-state index in [2.05, 4.69) is 24.4 Å². The molecular weight excluding hydrogens is 668 g/mol. The van der Waals surface area contributed by atoms with Gasteiger partial charge in [0, 0.05) is 26.1 Å². The number of carbonyl (C=O) groups is 3. The fourth-order valence-electron chi connectivity index (χ4n) is 6.77. The molecule has 9 heteroatoms. The number of ether oxygens (including phenoxy) is 2. The summed E-state index contributed by atoms with van der Waals surface area (Å²) in [5.74, 6) is -1.07. The molecule has 0 radical (unpaired) electrons. The summed E-state index contributed by atoms with van der Waals surface area (Å²) in [6.45, 7) is 6.75. The van der Waals surface area contributed by atoms with E-state index in [1.807, 2.05) is 0 Å². The molecule has 3 N–H and O–H groups in total. The number of aliphatic hydroxyl groups excluding tert-OH is 1. The molecule has 0 aliphatic carbocycles. The van der Waals surface area contributed by atoms with E-state index in [0.29, 0.717) is 11.7 Å². The Morgan fingerprint density at radius 3 is 1.15 bits per heavy atom. The van der Waals surface area contributed by atoms with Crippen LogP contribution in [-0.2, 0) is 23.9 Å². The smallest absolute Gasteiger partial charge is 0.394 e. The third kappa shape index (κ3) is 37.0. The van der Waals surface area contributed by atoms with Gasteiger partial charge in [-0.1, -0.05) is 206 Å². The van der Waals surface area contributed by atoms with Crippen LogP contribution in [0, 0.1) is 0 Å². The minimum absolute atomic E-state index is 0.0673. The summed E-state index contributed by atoms with van der Waals surface area (Å²) < 4.78 is 11.7. The van der Waals surface area contributed by atoms with Crippen LogP contribution in [-0.4, -0.2) is 60.6 Å². The fraction of sp³-hybridized carbons (Fsp3) is 0.932. The van der Waals surface area contributed by atoms with Crippen molar-refractivity contribution in [3.63, 3.8) is 0 Å². The first-order chi connectivity index (χ1) is 26.0. The monoisotopic (exact) mass is 755 g/mol. The number of hydrogen-bond donors (Lipinski definition) is 2. The van der Waals surface area contributed by atoms with Gasteiger partial charge < -0.3 is 25.2 Å². The molecule has 53 heavy (non-hydrogen) atoms. The average molecular weight is 755 g/mol. The molecule has 0 saturated carbocycles. The zero-order valence-corrected chi connectivity index (χ0v) is 34.9. The largest absolute Gasteiger partial charge is 0.429 e. The second-order valence-corrected chi connectivity index (χ2v) is 15.3. The van der Waals surface area contributed by atoms with Gasteiger partial charge in [-0.3, -0.25) is 9.59 Å². The number of amides is 3. The summed E-state index contributed by atoms with van der Waals surface area (Å²) in [6.07, 6.45) is 43.3. The third-order valence-corrected chi connectivity index (χ3v) is 10.2. The van der Waals surface area contributed by atoms with Gasteiger partial charge in [0.1, 0.15) is 6.10 Å². The van der Waals surface area contributed by atoms with Gasteiger partial charge in [0.05, 0.1) is 13.2 Å². The Bertz CT molecular complexity index is 797. The van der Waals surface area contributed by atoms with E-state index >= 15 is 0 Å². The van der Waals surface area contributed by atoms with Crippen LogP contribution in [0.4, 0.5) is 4.79 Å². The Morgan fingerprint density at radius 2 is 0.849 bits per heavy atom. The van der Waals surface area contributed by atoms with Crippen LogP contribution in [0.5, 0.6) is 0 Å². The van der Waals surface area contributed by atoms with Crippen molar-refractivity contribution in [1.82, 2.24) is 5.06 Å². The summed E-state index contributed by atoms with van der Waals surface area (Å²) in [4.78, 5) is 35.6. The van der Waals surface area contributed by atoms with E-state index in [1.165, 1.54) is 193 Å². The molecule has 0 spiro atoms. The number of aliphatic hydroxyl groups is 1. The molecule has 1 aliphatic rings. The lowest BCUT2D eigenvalue weighted by Gasteiger charge is -2.15. The number of imide groups is 1. The molecule has 3 amide bonds. The summed E-state index contributed by atoms with van der Waals surface area (Å²) in [5, 5.41) is 9.99. The van der Waals surface area contributed by atoms with E-state index < -0.39 is 17.9 Å². The molecule has 314 valence electrons. The molecule has 1 unspecified atom stereocenters. The summed E-state index contributed by atoms with van der Waals surface area (Å²) in [5.41, 5.74) is 4.59. The van der Waals surface area contributed by atoms with Crippen molar-refractivity contribution in [1.29, 1.82) is 0 Å². The minimum atomic E-state index is -1.16. The molecule has 0 aromatic heterocycles. The van der Waals surface area contributed by atoms with Gasteiger partial charge in [-0.25, -0.2) is 4.79 Å². The minimum Gasteiger partial charge on any atom is -0.394 e. The molecule has 1 rings (SSSR count). The Labute approximate surface area is 326 Å². The van der Waals surface area contributed by atoms with Crippen LogP contribution >= 0.6 is 0 Å². The number of nitrogens with zero attached hydrogens (tertiary/aromatic N) is 1. The van der Waals surface area contributed by atoms with Crippen molar-refractivity contribution in [2.24, 2.45) is 5.73 Å². The van der Waals surface area contributed by atoms with Gasteiger partial charge in [-0.15, -0.1) is 5.06 Å². The molecule has 1 atom stereocenters. The van der Waals surface area contributed by atoms with Crippen molar-refractivity contribution >= 4 is 17.9 Å². The maximum atomic E-state index is 10.7. The highest BCUT2D eigenvalue weighted by atomic mass is 16.7. The Kier molecular flexibility index (Phi) is 40.1. The van der Waals surface area contributed by atoms with Crippen molar-refractivity contribution in [3.05, 3.63) is 0 Å². The standard InChI is InChI=1S/C39H80O3.C5H6N2O4/c1-3-5-7-9-11-13-15-17-19-21-23-25-27-29-31-33-35-41-38-39(37-40)42-36-34-32-30-28-26-24-22-20-18-16-14-12-10-8-6-4-2;6-5(10)11-7-3(8)1-2-4(7)9/h39-40H,3-38H2,1-2H3;1-2H2,(H2,6,10). The zero-order valence-electron chi connectivity index (χ0n) is 34.9. The topological polar surface area (TPSA) is 128 Å². The van der Waals surface area contributed by atoms with E-state index in [4.69, 9.17) is 9.47 Å². The Balaban J connectivity index is 0.00000207. The number of hydroxylamine groups is 2. The first kappa shape index (κ1) is 51.3. The van der Waals surface area contributed by atoms with Gasteiger partial charge in [0.25, 0.3) is 11.8 Å². The van der Waals surface area contributed by atoms with Crippen molar-refractivity contribution in [2.45, 2.75) is 238 Å². The lowest BCUT2D eigenvalue weighted by atomic mass is 10.0. The lowest BCUT2D eigenvalue weighted by Crippen LogP contribution is -2.34. The van der Waals surface area contributed by atoms with Crippen LogP contribution in [0.3, 0.4) is 0 Å². The van der Waals surface area contributed by atoms with Gasteiger partial charge >= 0.3 is 6.09 Å². The average Bonchev–Trinajstić information content (AvgIpc) is 3.46. The predicted molar refractivity (Wildman–Crippen MR) is 218 cm³/mol. The van der Waals surface area contributed by atoms with Crippen LogP contribution in [0.25, 0.3) is 0 Å². The van der Waals surface area contributed by atoms with Crippen molar-refractivity contribution < 1.29 is 33.8 Å². The fourth-order valence-corrected chi connectivity index (χ4v) is 6.77. The van der Waals surface area contributed by atoms with Gasteiger partial charge in [0.15, 0.2) is 0 Å². The SMILES string of the molecule is CCCCCCCCCCCCCCCCCCOCC(CO)OCCCCCCCCCCCCCCCCCC.NC(=O)ON1C(=O)CCC1=O. The maximum absolute atomic E-state index is 10.7. The second-order valence-electron chi connectivity index (χ2n) is 15.3. The second kappa shape index (κ2) is 41.5. The Morgan fingerprint density at radius 1 is 0.547 bits per heavy atom. The lowest BCUT2D eigenvalue weighted by molar-refractivity contribution is -0.170. The normalized spacial score (nSPS) is 13.4. The predicted octanol–water partition coefficient (Wildman–Crippen LogP) is 12.0. The molecule has 1 aliphatic heterocycles. The number of unbranched alkanes of at least 4 members (excludes halogenated alkanes) is 30. The van der Waals surface area contributed by atoms with E-state index in [1.54, 1.807) is 0 Å². The molecular formula is C44H86N2O7. The zero-order chi connectivity index (χ0) is 38.9. The molecule has 9 nitrogen and oxygen atoms in total. The third-order valence-electron chi connectivity index (χ3n) is 10.2. The molecule has 1 fully saturated rings. The van der Waals surface area contributed by atoms with Crippen LogP contribution in [0.15, 0.2) is 0 Å². The summed E-state index contributed by atoms with van der Waals surface area (Å²) in [6, 6.07) is 0. The van der Waals surface area contributed by atoms with Gasteiger partial charge in [-0.2, -0.15) is 0 Å². The highest BCUT2D eigenvalue weighted by molar-refractivity contribution is 6.01. The van der Waals surface area contributed by atoms with Crippen molar-refractivity contribution in [3.8, 4) is 0 Å². The summed E-state index contributed by atoms with van der Waals surface area (Å²) >= 11 is 0. The quantitative estimate of drug-likeness (QED) is 0.0472. The highest BCUT2D eigenvalue weighted by Gasteiger charge is 2.32. The van der Waals surface area contributed by atoms with E-state index in [0.717, 1.165) is 26.1 Å². The van der Waals surface area contributed by atoms with Crippen LogP contribution in [0.2, 0.25) is 0 Å². The number of hydrogen-bond acceptors (Lipinski definition) is 7. The van der Waals surface area contributed by atoms with Crippen molar-refractivity contribution in [2.75, 3.05) is 26.4 Å². The van der Waals surface area contributed by atoms with Crippen LogP contribution in [0.1, 0.15) is 232 Å². The Hall–Kier alpha value is -1.71. The van der Waals surface area contributed by atoms with Crippen LogP contribution < -0.4 is 5.73 Å². The first-order valence-corrected chi connectivity index (χ1v) is 22.6. The van der Waals surface area contributed by atoms with Gasteiger partial charge in [-0.05, 0) is 12.8 Å². The molecule has 0 aromatic rings. The first-order valence-electron chi connectivity index (χ1n) is 22.6. The summed E-state index contributed by atoms with van der Waals surface area (Å²) in [7, 11) is 0. The molecule has 0 aromatic carbocycles. The molecule has 0 bridgehead atoms. The number of rotatable bonds is 39. The van der Waals surface area contributed by atoms with E-state index in [9.17, 15) is 19.5 Å². The highest BCUT2D eigenvalue weighted by Crippen LogP contribution is 2.16. The molecule has 1 heterocycles.